The number of hydrogen-bond donors (Lipinski definition) is 2. The molecule has 0 radical (unpaired) electrons. The van der Waals surface area contributed by atoms with Crippen LogP contribution in [0.25, 0.3) is 0 Å². The Morgan fingerprint density at radius 3 is 2.65 bits per heavy atom. The second kappa shape index (κ2) is 8.18. The first kappa shape index (κ1) is 16.9. The Labute approximate surface area is 120 Å². The Morgan fingerprint density at radius 2 is 2.15 bits per heavy atom. The van der Waals surface area contributed by atoms with Gasteiger partial charge in [-0.15, -0.1) is 0 Å². The monoisotopic (exact) mass is 301 g/mol. The third kappa shape index (κ3) is 5.07. The van der Waals surface area contributed by atoms with Crippen LogP contribution in [0.2, 0.25) is 0 Å². The first-order chi connectivity index (χ1) is 9.53. The molecule has 0 aromatic carbocycles. The van der Waals surface area contributed by atoms with Gasteiger partial charge in [-0.1, -0.05) is 19.8 Å². The van der Waals surface area contributed by atoms with E-state index >= 15 is 0 Å². The van der Waals surface area contributed by atoms with Crippen LogP contribution in [0.15, 0.2) is 23.2 Å². The van der Waals surface area contributed by atoms with E-state index in [1.807, 2.05) is 6.92 Å². The Balaban J connectivity index is 2.76. The maximum atomic E-state index is 12.2. The van der Waals surface area contributed by atoms with E-state index in [4.69, 9.17) is 10.5 Å². The molecule has 1 aromatic heterocycles. The molecule has 114 valence electrons. The average Bonchev–Trinajstić information content (AvgIpc) is 2.44. The summed E-state index contributed by atoms with van der Waals surface area (Å²) in [5.41, 5.74) is 5.60. The molecule has 0 saturated heterocycles. The lowest BCUT2D eigenvalue weighted by molar-refractivity contribution is 0.326. The molecule has 7 heteroatoms. The summed E-state index contributed by atoms with van der Waals surface area (Å²) in [5.74, 6) is 0.410. The van der Waals surface area contributed by atoms with Crippen LogP contribution in [0.5, 0.6) is 5.88 Å². The second-order valence-electron chi connectivity index (χ2n) is 4.46. The number of sulfonamides is 1. The van der Waals surface area contributed by atoms with E-state index in [9.17, 15) is 8.42 Å². The minimum atomic E-state index is -3.58. The van der Waals surface area contributed by atoms with Gasteiger partial charge in [-0.05, 0) is 19.4 Å². The number of rotatable bonds is 9. The van der Waals surface area contributed by atoms with Gasteiger partial charge < -0.3 is 10.5 Å². The molecule has 0 unspecified atom stereocenters. The third-order valence-electron chi connectivity index (χ3n) is 2.82. The normalized spacial score (nSPS) is 13.2. The van der Waals surface area contributed by atoms with Gasteiger partial charge in [0.15, 0.2) is 0 Å². The fraction of sp³-hybridized carbons (Fsp3) is 0.615. The summed E-state index contributed by atoms with van der Waals surface area (Å²) < 4.78 is 32.2. The molecule has 1 rings (SSSR count). The van der Waals surface area contributed by atoms with Crippen molar-refractivity contribution in [1.82, 2.24) is 9.71 Å². The van der Waals surface area contributed by atoms with Gasteiger partial charge in [0.1, 0.15) is 4.90 Å². The van der Waals surface area contributed by atoms with Crippen LogP contribution < -0.4 is 15.2 Å². The Kier molecular flexibility index (Phi) is 6.90. The molecule has 1 heterocycles. The summed E-state index contributed by atoms with van der Waals surface area (Å²) in [4.78, 5) is 4.08. The van der Waals surface area contributed by atoms with Crippen LogP contribution in [-0.4, -0.2) is 32.6 Å². The minimum absolute atomic E-state index is 0.121. The number of nitrogens with zero attached hydrogens (tertiary/aromatic N) is 1. The van der Waals surface area contributed by atoms with Crippen LogP contribution in [-0.2, 0) is 10.0 Å². The summed E-state index contributed by atoms with van der Waals surface area (Å²) >= 11 is 0. The summed E-state index contributed by atoms with van der Waals surface area (Å²) in [6.07, 6.45) is 3.96. The van der Waals surface area contributed by atoms with Gasteiger partial charge in [0.2, 0.25) is 15.9 Å². The van der Waals surface area contributed by atoms with E-state index in [1.165, 1.54) is 12.3 Å². The molecule has 0 bridgehead atoms. The zero-order valence-electron chi connectivity index (χ0n) is 12.0. The number of unbranched alkanes of at least 4 members (excludes halogenated alkanes) is 1. The quantitative estimate of drug-likeness (QED) is 0.716. The number of ether oxygens (including phenoxy) is 1. The number of pyridine rings is 1. The molecule has 6 nitrogen and oxygen atoms in total. The highest BCUT2D eigenvalue weighted by molar-refractivity contribution is 7.89. The van der Waals surface area contributed by atoms with Gasteiger partial charge in [-0.3, -0.25) is 0 Å². The van der Waals surface area contributed by atoms with Crippen molar-refractivity contribution in [2.24, 2.45) is 5.73 Å². The number of hydrogen-bond acceptors (Lipinski definition) is 5. The van der Waals surface area contributed by atoms with Crippen LogP contribution in [0.3, 0.4) is 0 Å². The molecule has 3 N–H and O–H groups in total. The predicted molar refractivity (Wildman–Crippen MR) is 78.1 cm³/mol. The van der Waals surface area contributed by atoms with E-state index in [0.717, 1.165) is 19.3 Å². The standard InChI is InChI=1S/C13H23N3O3S/c1-3-5-6-11(9-14)16-20(17,18)12-7-8-13(15-10-12)19-4-2/h7-8,10-11,16H,3-6,9,14H2,1-2H3/t11-/m0/s1. The van der Waals surface area contributed by atoms with Crippen LogP contribution in [0.4, 0.5) is 0 Å². The van der Waals surface area contributed by atoms with E-state index in [-0.39, 0.29) is 17.5 Å². The molecular formula is C13H23N3O3S. The number of aromatic nitrogens is 1. The van der Waals surface area contributed by atoms with Gasteiger partial charge in [0.25, 0.3) is 0 Å². The second-order valence-corrected chi connectivity index (χ2v) is 6.18. The first-order valence-electron chi connectivity index (χ1n) is 6.84. The molecule has 0 saturated carbocycles. The highest BCUT2D eigenvalue weighted by atomic mass is 32.2. The summed E-state index contributed by atoms with van der Waals surface area (Å²) in [7, 11) is -3.58. The average molecular weight is 301 g/mol. The molecule has 0 aliphatic carbocycles. The minimum Gasteiger partial charge on any atom is -0.478 e. The van der Waals surface area contributed by atoms with E-state index in [1.54, 1.807) is 6.07 Å². The summed E-state index contributed by atoms with van der Waals surface area (Å²) in [6, 6.07) is 2.78. The van der Waals surface area contributed by atoms with Crippen molar-refractivity contribution in [3.05, 3.63) is 18.3 Å². The lowest BCUT2D eigenvalue weighted by atomic mass is 10.1. The lowest BCUT2D eigenvalue weighted by Gasteiger charge is -2.16. The Hall–Kier alpha value is -1.18. The van der Waals surface area contributed by atoms with Crippen molar-refractivity contribution in [3.63, 3.8) is 0 Å². The topological polar surface area (TPSA) is 94.3 Å². The summed E-state index contributed by atoms with van der Waals surface area (Å²) in [6.45, 7) is 4.67. The van der Waals surface area contributed by atoms with E-state index < -0.39 is 10.0 Å². The van der Waals surface area contributed by atoms with Crippen molar-refractivity contribution in [1.29, 1.82) is 0 Å². The highest BCUT2D eigenvalue weighted by Crippen LogP contribution is 2.13. The molecule has 0 spiro atoms. The zero-order chi connectivity index (χ0) is 15.0. The van der Waals surface area contributed by atoms with Crippen molar-refractivity contribution < 1.29 is 13.2 Å². The van der Waals surface area contributed by atoms with Crippen molar-refractivity contribution in [2.45, 2.75) is 44.0 Å². The van der Waals surface area contributed by atoms with Crippen LogP contribution >= 0.6 is 0 Å². The maximum Gasteiger partial charge on any atom is 0.242 e. The molecule has 20 heavy (non-hydrogen) atoms. The molecular weight excluding hydrogens is 278 g/mol. The van der Waals surface area contributed by atoms with E-state index in [0.29, 0.717) is 12.5 Å². The fourth-order valence-corrected chi connectivity index (χ4v) is 2.95. The third-order valence-corrected chi connectivity index (χ3v) is 4.33. The Morgan fingerprint density at radius 1 is 1.40 bits per heavy atom. The summed E-state index contributed by atoms with van der Waals surface area (Å²) in [5, 5.41) is 0. The first-order valence-corrected chi connectivity index (χ1v) is 8.33. The lowest BCUT2D eigenvalue weighted by Crippen LogP contribution is -2.40. The molecule has 0 fully saturated rings. The van der Waals surface area contributed by atoms with Crippen molar-refractivity contribution >= 4 is 10.0 Å². The number of nitrogens with one attached hydrogen (secondary N) is 1. The smallest absolute Gasteiger partial charge is 0.242 e. The number of nitrogens with two attached hydrogens (primary N) is 1. The van der Waals surface area contributed by atoms with Gasteiger partial charge in [0, 0.05) is 18.7 Å². The SMILES string of the molecule is CCCC[C@@H](CN)NS(=O)(=O)c1ccc(OCC)nc1. The molecule has 0 amide bonds. The highest BCUT2D eigenvalue weighted by Gasteiger charge is 2.19. The molecule has 1 aromatic rings. The van der Waals surface area contributed by atoms with Gasteiger partial charge >= 0.3 is 0 Å². The predicted octanol–water partition coefficient (Wildman–Crippen LogP) is 1.28. The Bertz CT molecular complexity index is 488. The molecule has 0 aliphatic rings. The van der Waals surface area contributed by atoms with Gasteiger partial charge in [0.05, 0.1) is 12.8 Å². The van der Waals surface area contributed by atoms with Crippen molar-refractivity contribution in [3.8, 4) is 5.88 Å². The zero-order valence-corrected chi connectivity index (χ0v) is 12.8. The molecule has 0 aliphatic heterocycles. The van der Waals surface area contributed by atoms with E-state index in [2.05, 4.69) is 16.6 Å². The fourth-order valence-electron chi connectivity index (χ4n) is 1.72. The van der Waals surface area contributed by atoms with Gasteiger partial charge in [-0.25, -0.2) is 18.1 Å². The van der Waals surface area contributed by atoms with Crippen LogP contribution in [0, 0.1) is 0 Å². The van der Waals surface area contributed by atoms with Crippen molar-refractivity contribution in [2.75, 3.05) is 13.2 Å². The maximum absolute atomic E-state index is 12.2. The largest absolute Gasteiger partial charge is 0.478 e. The molecule has 1 atom stereocenters. The van der Waals surface area contributed by atoms with Gasteiger partial charge in [-0.2, -0.15) is 0 Å². The van der Waals surface area contributed by atoms with Crippen LogP contribution in [0.1, 0.15) is 33.1 Å².